The zero-order valence-corrected chi connectivity index (χ0v) is 65.6. The summed E-state index contributed by atoms with van der Waals surface area (Å²) in [6, 6.07) is 0. The molecule has 4 fully saturated rings. The molecule has 4 saturated heterocycles. The summed E-state index contributed by atoms with van der Waals surface area (Å²) in [5, 5.41) is 143. The van der Waals surface area contributed by atoms with Crippen LogP contribution < -0.4 is 20.2 Å². The van der Waals surface area contributed by atoms with E-state index in [9.17, 15) is 90.2 Å². The minimum atomic E-state index is -5.30. The lowest BCUT2D eigenvalue weighted by Gasteiger charge is -2.49. The Balaban J connectivity index is 1.10. The van der Waals surface area contributed by atoms with E-state index in [4.69, 9.17) is 42.2 Å². The van der Waals surface area contributed by atoms with Crippen LogP contribution in [0, 0.1) is 11.8 Å². The van der Waals surface area contributed by atoms with E-state index in [1.165, 1.54) is 69.4 Å². The number of aliphatic carboxylic acids is 3. The van der Waals surface area contributed by atoms with Crippen molar-refractivity contribution >= 4 is 25.7 Å². The molecule has 4 rings (SSSR count). The van der Waals surface area contributed by atoms with Crippen molar-refractivity contribution in [2.24, 2.45) is 11.8 Å². The summed E-state index contributed by atoms with van der Waals surface area (Å²) in [6.07, 6.45) is -3.05. The molecule has 0 bridgehead atoms. The molecule has 4 aliphatic rings. The highest BCUT2D eigenvalue weighted by atomic mass is 31.2. The summed E-state index contributed by atoms with van der Waals surface area (Å²) in [5.41, 5.74) is 12.9. The van der Waals surface area contributed by atoms with Crippen LogP contribution in [0.4, 0.5) is 0 Å². The topological polar surface area (TPSA) is 446 Å². The van der Waals surface area contributed by atoms with E-state index in [0.717, 1.165) is 115 Å². The molecule has 28 heteroatoms. The molecule has 0 aromatic carbocycles. The zero-order chi connectivity index (χ0) is 79.8. The van der Waals surface area contributed by atoms with Crippen molar-refractivity contribution in [1.29, 1.82) is 0 Å². The highest BCUT2D eigenvalue weighted by Gasteiger charge is 2.56. The molecule has 0 spiro atoms. The number of carbonyl (C=O) groups excluding carboxylic acids is 3. The summed E-state index contributed by atoms with van der Waals surface area (Å²) in [6.45, 7) is 25.1. The fourth-order valence-corrected chi connectivity index (χ4v) is 13.7. The van der Waals surface area contributed by atoms with E-state index in [1.807, 2.05) is 6.92 Å². The lowest BCUT2D eigenvalue weighted by molar-refractivity contribution is -0.400. The molecule has 107 heavy (non-hydrogen) atoms. The number of aliphatic hydroxyl groups excluding tert-OH is 10. The molecule has 0 aliphatic carbocycles. The van der Waals surface area contributed by atoms with Crippen molar-refractivity contribution in [3.05, 3.63) is 105 Å². The van der Waals surface area contributed by atoms with E-state index in [1.54, 1.807) is 0 Å². The summed E-state index contributed by atoms with van der Waals surface area (Å²) in [5.74, 6) is -5.80. The summed E-state index contributed by atoms with van der Waals surface area (Å²) < 4.78 is 59.7. The number of phosphoric ester groups is 1. The average Bonchev–Trinajstić information content (AvgIpc) is 0.772. The van der Waals surface area contributed by atoms with Gasteiger partial charge < -0.3 is 123 Å². The number of rotatable bonds is 47. The van der Waals surface area contributed by atoms with Gasteiger partial charge in [0.25, 0.3) is 7.82 Å². The SMILES string of the molecule is C/C(=C/CC/C(C)=C\CC/C(C)=C\CC/C(C)=C\CCC(C)CCOP(=O)([O-])O[C@H]1O[C@H](CO)[C@@H](O[C@@H]2O[C@H](C(=O)[O-])[C@@H](O[C@H]3O[C@H](C(=O)[O-])[C@H](O[C@@H]4O[C@H](C(=O)[O-])[C@@H](O)[C@H](O)[C@H]4O)[C@H](O)[C@H]3O)[C@H](O)[C@H]2O)[C@H](O)[C@H]1O)CC/C=C(/C)CC/C=C(/C)CC/C=C(/C)CC/C=C(\C)CC/C=C(\C)CCCC(C)C. The number of carbonyl (C=O) groups is 3. The summed E-state index contributed by atoms with van der Waals surface area (Å²) in [7, 11) is -5.30. The standard InChI is InChI=1S/C79H129O27P/c1-46(2)23-13-24-47(3)25-14-26-48(4)27-15-28-49(5)29-16-30-50(6)31-17-32-51(7)33-18-34-52(8)35-19-36-53(9)37-20-38-54(10)39-21-40-55(11)41-22-42-56(12)43-44-98-107(96,97)106-79-66(89)60(83)67(57(45-80)99-79)100-77-64(87)61(84)69(71(104-77)74(92)93)102-78-65(88)62(85)68(72(105-78)75(94)95)101-76-63(86)58(81)59(82)70(103-76)73(90)91/h25,27,29,31,33,35,37,39,41,46,56-72,76-89H,13-24,26,28,30,32,34,36,38,40,42-45H2,1-12H3,(H,90,91)(H,92,93)(H,94,95)(H,96,97)/p-4/b47-25+,48-27+,49-29-,50-31-,51-33-,52-35-,53-37-,54-39-,55-41-/t56?,57-,58+,59+,60-,61-,62-,63-,64-,65-,66-,67-,68-,69+,70+,71+,72+,76-,77-,78+,79-/m1/s1. The van der Waals surface area contributed by atoms with Gasteiger partial charge in [0.05, 0.1) is 31.1 Å². The van der Waals surface area contributed by atoms with Gasteiger partial charge in [-0.15, -0.1) is 0 Å². The Bertz CT molecular complexity index is 3060. The third kappa shape index (κ3) is 33.4. The molecule has 2 unspecified atom stereocenters. The van der Waals surface area contributed by atoms with Gasteiger partial charge in [-0.25, -0.2) is 0 Å². The number of ether oxygens (including phenoxy) is 7. The number of carboxylic acid groups (broad SMARTS) is 3. The van der Waals surface area contributed by atoms with Crippen LogP contribution in [0.1, 0.15) is 224 Å². The predicted octanol–water partition coefficient (Wildman–Crippen LogP) is 5.42. The number of hydrogen-bond acceptors (Lipinski definition) is 27. The molecule has 612 valence electrons. The van der Waals surface area contributed by atoms with Crippen molar-refractivity contribution < 1.29 is 132 Å². The molecule has 10 N–H and O–H groups in total. The number of allylic oxidation sites excluding steroid dienone is 18. The van der Waals surface area contributed by atoms with Crippen LogP contribution >= 0.6 is 7.82 Å². The van der Waals surface area contributed by atoms with Crippen LogP contribution in [0.5, 0.6) is 0 Å². The van der Waals surface area contributed by atoms with E-state index >= 15 is 0 Å². The van der Waals surface area contributed by atoms with Crippen molar-refractivity contribution in [2.75, 3.05) is 13.2 Å². The maximum atomic E-state index is 13.0. The number of aliphatic hydroxyl groups is 10. The van der Waals surface area contributed by atoms with Crippen molar-refractivity contribution in [2.45, 2.75) is 347 Å². The fraction of sp³-hybridized carbons (Fsp3) is 0.734. The molecule has 0 aromatic rings. The van der Waals surface area contributed by atoms with Gasteiger partial charge in [0.2, 0.25) is 0 Å². The van der Waals surface area contributed by atoms with Gasteiger partial charge in [0.1, 0.15) is 97.7 Å². The molecule has 0 radical (unpaired) electrons. The Hall–Kier alpha value is -4.50. The van der Waals surface area contributed by atoms with Crippen molar-refractivity contribution in [3.8, 4) is 0 Å². The summed E-state index contributed by atoms with van der Waals surface area (Å²) in [4.78, 5) is 49.1. The van der Waals surface area contributed by atoms with Crippen LogP contribution in [0.25, 0.3) is 0 Å². The quantitative estimate of drug-likeness (QED) is 0.0268. The average molecular weight is 1540 g/mol. The smallest absolute Gasteiger partial charge is 0.270 e. The first-order chi connectivity index (χ1) is 50.4. The minimum absolute atomic E-state index is 0.00428. The third-order valence-corrected chi connectivity index (χ3v) is 20.9. The largest absolute Gasteiger partial charge is 0.756 e. The second-order valence-electron chi connectivity index (χ2n) is 30.1. The highest BCUT2D eigenvalue weighted by Crippen LogP contribution is 2.44. The van der Waals surface area contributed by atoms with Gasteiger partial charge in [-0.3, -0.25) is 9.09 Å². The van der Waals surface area contributed by atoms with Gasteiger partial charge in [-0.05, 0) is 209 Å². The second-order valence-corrected chi connectivity index (χ2v) is 31.4. The van der Waals surface area contributed by atoms with E-state index < -0.39 is 155 Å². The van der Waals surface area contributed by atoms with Crippen molar-refractivity contribution in [1.82, 2.24) is 0 Å². The second kappa shape index (κ2) is 48.4. The van der Waals surface area contributed by atoms with Crippen LogP contribution in [0.2, 0.25) is 0 Å². The molecular formula is C79H125O27P-4. The molecule has 22 atom stereocenters. The van der Waals surface area contributed by atoms with Crippen LogP contribution in [-0.2, 0) is 61.2 Å². The van der Waals surface area contributed by atoms with Gasteiger partial charge >= 0.3 is 0 Å². The lowest BCUT2D eigenvalue weighted by atomic mass is 9.95. The Kier molecular flexibility index (Phi) is 42.9. The van der Waals surface area contributed by atoms with E-state index in [-0.39, 0.29) is 18.9 Å². The normalized spacial score (nSPS) is 31.6. The third-order valence-electron chi connectivity index (χ3n) is 19.9. The fourth-order valence-electron chi connectivity index (χ4n) is 12.9. The molecule has 27 nitrogen and oxygen atoms in total. The van der Waals surface area contributed by atoms with Crippen LogP contribution in [-0.4, -0.2) is 205 Å². The molecule has 0 saturated carbocycles. The molecular weight excluding hydrogens is 1410 g/mol. The van der Waals surface area contributed by atoms with Crippen LogP contribution in [0.15, 0.2) is 105 Å². The highest BCUT2D eigenvalue weighted by molar-refractivity contribution is 7.45. The lowest BCUT2D eigenvalue weighted by Crippen LogP contribution is -2.69. The Morgan fingerprint density at radius 2 is 0.682 bits per heavy atom. The maximum Gasteiger partial charge on any atom is 0.270 e. The van der Waals surface area contributed by atoms with Crippen LogP contribution in [0.3, 0.4) is 0 Å². The zero-order valence-electron chi connectivity index (χ0n) is 64.7. The maximum absolute atomic E-state index is 13.0. The van der Waals surface area contributed by atoms with Gasteiger partial charge in [-0.2, -0.15) is 0 Å². The first-order valence-electron chi connectivity index (χ1n) is 37.9. The van der Waals surface area contributed by atoms with E-state index in [2.05, 4.69) is 131 Å². The number of phosphoric acid groups is 1. The predicted molar refractivity (Wildman–Crippen MR) is 389 cm³/mol. The molecule has 4 aliphatic heterocycles. The Morgan fingerprint density at radius 3 is 1.02 bits per heavy atom. The van der Waals surface area contributed by atoms with Crippen molar-refractivity contribution in [3.63, 3.8) is 0 Å². The molecule has 0 amide bonds. The number of carboxylic acids is 3. The molecule has 0 aromatic heterocycles. The van der Waals surface area contributed by atoms with Gasteiger partial charge in [0.15, 0.2) is 25.2 Å². The first kappa shape index (κ1) is 94.9. The Labute approximate surface area is 632 Å². The van der Waals surface area contributed by atoms with Gasteiger partial charge in [-0.1, -0.05) is 132 Å². The summed E-state index contributed by atoms with van der Waals surface area (Å²) >= 11 is 0. The Morgan fingerprint density at radius 1 is 0.383 bits per heavy atom. The first-order valence-corrected chi connectivity index (χ1v) is 39.4. The van der Waals surface area contributed by atoms with Gasteiger partial charge in [0, 0.05) is 0 Å². The van der Waals surface area contributed by atoms with E-state index in [0.29, 0.717) is 6.42 Å². The molecule has 4 heterocycles. The monoisotopic (exact) mass is 1540 g/mol. The number of hydrogen-bond donors (Lipinski definition) is 10. The minimum Gasteiger partial charge on any atom is -0.756 e.